The van der Waals surface area contributed by atoms with E-state index >= 15 is 0 Å². The summed E-state index contributed by atoms with van der Waals surface area (Å²) in [4.78, 5) is 28.8. The number of ether oxygens (including phenoxy) is 1. The summed E-state index contributed by atoms with van der Waals surface area (Å²) < 4.78 is 47.8. The Morgan fingerprint density at radius 3 is 2.17 bits per heavy atom. The lowest BCUT2D eigenvalue weighted by molar-refractivity contribution is -0.139. The van der Waals surface area contributed by atoms with Gasteiger partial charge in [-0.05, 0) is 80.8 Å². The number of sulfonamides is 1. The van der Waals surface area contributed by atoms with Crippen molar-refractivity contribution in [3.63, 3.8) is 0 Å². The van der Waals surface area contributed by atoms with Crippen molar-refractivity contribution in [3.8, 4) is 5.75 Å². The van der Waals surface area contributed by atoms with Crippen LogP contribution in [0.5, 0.6) is 5.75 Å². The van der Waals surface area contributed by atoms with Crippen molar-refractivity contribution in [2.24, 2.45) is 0 Å². The molecule has 0 bridgehead atoms. The van der Waals surface area contributed by atoms with Crippen LogP contribution in [0.4, 0.5) is 10.1 Å². The van der Waals surface area contributed by atoms with E-state index in [1.165, 1.54) is 36.3 Å². The molecule has 0 heterocycles. The van der Waals surface area contributed by atoms with Gasteiger partial charge in [0.05, 0.1) is 17.7 Å². The van der Waals surface area contributed by atoms with Gasteiger partial charge in [0.1, 0.15) is 24.2 Å². The predicted octanol–water partition coefficient (Wildman–Crippen LogP) is 5.20. The molecule has 1 fully saturated rings. The van der Waals surface area contributed by atoms with E-state index in [1.54, 1.807) is 55.5 Å². The fourth-order valence-electron chi connectivity index (χ4n) is 5.05. The second kappa shape index (κ2) is 13.8. The molecule has 0 unspecified atom stereocenters. The van der Waals surface area contributed by atoms with Gasteiger partial charge in [0.15, 0.2) is 0 Å². The summed E-state index contributed by atoms with van der Waals surface area (Å²) in [6.07, 6.45) is 4.96. The van der Waals surface area contributed by atoms with E-state index in [0.717, 1.165) is 42.0 Å². The highest BCUT2D eigenvalue weighted by Gasteiger charge is 2.33. The molecule has 8 nitrogen and oxygen atoms in total. The number of amides is 2. The van der Waals surface area contributed by atoms with Gasteiger partial charge >= 0.3 is 0 Å². The summed E-state index contributed by atoms with van der Waals surface area (Å²) >= 11 is 0. The number of hydrogen-bond acceptors (Lipinski definition) is 5. The van der Waals surface area contributed by atoms with Crippen LogP contribution in [0, 0.1) is 12.7 Å². The van der Waals surface area contributed by atoms with Crippen molar-refractivity contribution in [2.75, 3.05) is 18.0 Å². The van der Waals surface area contributed by atoms with Gasteiger partial charge < -0.3 is 15.0 Å². The molecule has 42 heavy (non-hydrogen) atoms. The summed E-state index contributed by atoms with van der Waals surface area (Å²) in [5.41, 5.74) is 1.77. The van der Waals surface area contributed by atoms with E-state index in [-0.39, 0.29) is 29.1 Å². The summed E-state index contributed by atoms with van der Waals surface area (Å²) in [6, 6.07) is 17.6. The zero-order valence-corrected chi connectivity index (χ0v) is 25.1. The third-order valence-electron chi connectivity index (χ3n) is 7.63. The standard InChI is InChI=1S/C32H38FN3O5S/c1-23-9-19-30(20-10-23)42(39,40)36(28-15-17-29(41-3)18-16-28)22-31(37)35(21-25-11-13-26(33)14-12-25)24(2)32(38)34-27-7-5-4-6-8-27/h9-20,24,27H,4-8,21-22H2,1-3H3,(H,34,38)/t24-/m0/s1. The molecular weight excluding hydrogens is 557 g/mol. The fourth-order valence-corrected chi connectivity index (χ4v) is 6.47. The fraction of sp³-hybridized carbons (Fsp3) is 0.375. The van der Waals surface area contributed by atoms with Gasteiger partial charge in [-0.15, -0.1) is 0 Å². The lowest BCUT2D eigenvalue weighted by Crippen LogP contribution is -2.53. The first kappa shape index (κ1) is 31.0. The highest BCUT2D eigenvalue weighted by atomic mass is 32.2. The molecule has 0 saturated heterocycles. The van der Waals surface area contributed by atoms with Crippen molar-refractivity contribution in [1.29, 1.82) is 0 Å². The van der Waals surface area contributed by atoms with Gasteiger partial charge in [0, 0.05) is 12.6 Å². The number of methoxy groups -OCH3 is 1. The molecule has 0 radical (unpaired) electrons. The summed E-state index contributed by atoms with van der Waals surface area (Å²) in [5.74, 6) is -0.773. The molecule has 1 atom stereocenters. The number of hydrogen-bond donors (Lipinski definition) is 1. The van der Waals surface area contributed by atoms with Crippen LogP contribution in [0.1, 0.15) is 50.2 Å². The lowest BCUT2D eigenvalue weighted by Gasteiger charge is -2.33. The van der Waals surface area contributed by atoms with E-state index in [2.05, 4.69) is 5.32 Å². The average Bonchev–Trinajstić information content (AvgIpc) is 3.00. The number of halogens is 1. The van der Waals surface area contributed by atoms with Crippen LogP contribution in [0.2, 0.25) is 0 Å². The molecular formula is C32H38FN3O5S. The number of anilines is 1. The number of nitrogens with one attached hydrogen (secondary N) is 1. The maximum absolute atomic E-state index is 14.0. The van der Waals surface area contributed by atoms with Crippen LogP contribution < -0.4 is 14.4 Å². The number of nitrogens with zero attached hydrogens (tertiary/aromatic N) is 2. The Kier molecular flexibility index (Phi) is 10.2. The van der Waals surface area contributed by atoms with E-state index in [1.807, 2.05) is 6.92 Å². The Morgan fingerprint density at radius 1 is 0.952 bits per heavy atom. The highest BCUT2D eigenvalue weighted by Crippen LogP contribution is 2.27. The zero-order valence-electron chi connectivity index (χ0n) is 24.3. The molecule has 3 aromatic carbocycles. The molecule has 10 heteroatoms. The van der Waals surface area contributed by atoms with Gasteiger partial charge in [-0.1, -0.05) is 49.1 Å². The van der Waals surface area contributed by atoms with E-state index in [4.69, 9.17) is 4.74 Å². The first-order valence-electron chi connectivity index (χ1n) is 14.2. The monoisotopic (exact) mass is 595 g/mol. The molecule has 3 aromatic rings. The Bertz CT molecular complexity index is 1460. The number of benzene rings is 3. The molecule has 4 rings (SSSR count). The molecule has 224 valence electrons. The number of aryl methyl sites for hydroxylation is 1. The maximum Gasteiger partial charge on any atom is 0.264 e. The topological polar surface area (TPSA) is 96.0 Å². The van der Waals surface area contributed by atoms with Gasteiger partial charge in [0.25, 0.3) is 10.0 Å². The molecule has 0 aliphatic heterocycles. The summed E-state index contributed by atoms with van der Waals surface area (Å²) in [7, 11) is -2.66. The van der Waals surface area contributed by atoms with Crippen LogP contribution in [-0.2, 0) is 26.2 Å². The maximum atomic E-state index is 14.0. The minimum atomic E-state index is -4.17. The Morgan fingerprint density at radius 2 is 1.57 bits per heavy atom. The molecule has 1 aliphatic carbocycles. The normalized spacial score (nSPS) is 14.6. The molecule has 0 aromatic heterocycles. The van der Waals surface area contributed by atoms with Crippen LogP contribution in [0.25, 0.3) is 0 Å². The highest BCUT2D eigenvalue weighted by molar-refractivity contribution is 7.92. The van der Waals surface area contributed by atoms with Gasteiger partial charge in [-0.2, -0.15) is 0 Å². The van der Waals surface area contributed by atoms with Crippen LogP contribution in [0.15, 0.2) is 77.7 Å². The van der Waals surface area contributed by atoms with E-state index < -0.39 is 34.3 Å². The second-order valence-electron chi connectivity index (χ2n) is 10.7. The van der Waals surface area contributed by atoms with Gasteiger partial charge in [-0.3, -0.25) is 13.9 Å². The van der Waals surface area contributed by atoms with Gasteiger partial charge in [-0.25, -0.2) is 12.8 Å². The smallest absolute Gasteiger partial charge is 0.264 e. The first-order chi connectivity index (χ1) is 20.1. The van der Waals surface area contributed by atoms with Gasteiger partial charge in [0.2, 0.25) is 11.8 Å². The molecule has 1 saturated carbocycles. The molecule has 0 spiro atoms. The Labute approximate surface area is 247 Å². The quantitative estimate of drug-likeness (QED) is 0.329. The second-order valence-corrected chi connectivity index (χ2v) is 12.6. The van der Waals surface area contributed by atoms with Crippen molar-refractivity contribution in [3.05, 3.63) is 89.7 Å². The predicted molar refractivity (Wildman–Crippen MR) is 160 cm³/mol. The molecule has 1 aliphatic rings. The largest absolute Gasteiger partial charge is 0.497 e. The minimum absolute atomic E-state index is 0.000597. The molecule has 1 N–H and O–H groups in total. The summed E-state index contributed by atoms with van der Waals surface area (Å²) in [6.45, 7) is 2.93. The van der Waals surface area contributed by atoms with E-state index in [0.29, 0.717) is 11.3 Å². The average molecular weight is 596 g/mol. The van der Waals surface area contributed by atoms with Crippen LogP contribution >= 0.6 is 0 Å². The SMILES string of the molecule is COc1ccc(N(CC(=O)N(Cc2ccc(F)cc2)[C@@H](C)C(=O)NC2CCCCC2)S(=O)(=O)c2ccc(C)cc2)cc1. The van der Waals surface area contributed by atoms with Crippen molar-refractivity contribution < 1.29 is 27.1 Å². The minimum Gasteiger partial charge on any atom is -0.497 e. The van der Waals surface area contributed by atoms with Crippen LogP contribution in [-0.4, -0.2) is 50.9 Å². The molecule has 2 amide bonds. The number of carbonyl (C=O) groups excluding carboxylic acids is 2. The van der Waals surface area contributed by atoms with Crippen molar-refractivity contribution >= 4 is 27.5 Å². The number of rotatable bonds is 11. The zero-order chi connectivity index (χ0) is 30.3. The summed E-state index contributed by atoms with van der Waals surface area (Å²) in [5, 5.41) is 3.07. The first-order valence-corrected chi connectivity index (χ1v) is 15.6. The Hall–Kier alpha value is -3.92. The van der Waals surface area contributed by atoms with Crippen molar-refractivity contribution in [2.45, 2.75) is 69.5 Å². The third-order valence-corrected chi connectivity index (χ3v) is 9.42. The number of carbonyl (C=O) groups is 2. The van der Waals surface area contributed by atoms with Crippen molar-refractivity contribution in [1.82, 2.24) is 10.2 Å². The third kappa shape index (κ3) is 7.67. The van der Waals surface area contributed by atoms with Crippen LogP contribution in [0.3, 0.4) is 0 Å². The Balaban J connectivity index is 1.67. The van der Waals surface area contributed by atoms with E-state index in [9.17, 15) is 22.4 Å². The lowest BCUT2D eigenvalue weighted by atomic mass is 9.95.